The minimum atomic E-state index is -1.70. The molecular weight excluding hydrogens is 450 g/mol. The highest BCUT2D eigenvalue weighted by molar-refractivity contribution is 7.13. The van der Waals surface area contributed by atoms with E-state index in [1.807, 2.05) is 19.1 Å². The Kier molecular flexibility index (Phi) is 3.91. The summed E-state index contributed by atoms with van der Waals surface area (Å²) in [7, 11) is 0. The first-order chi connectivity index (χ1) is 15.5. The number of benzene rings is 2. The van der Waals surface area contributed by atoms with Crippen LogP contribution in [0.5, 0.6) is 0 Å². The van der Waals surface area contributed by atoms with E-state index < -0.39 is 22.8 Å². The van der Waals surface area contributed by atoms with Crippen LogP contribution in [0.2, 0.25) is 5.02 Å². The molecule has 2 aliphatic rings. The molecule has 9 heteroatoms. The van der Waals surface area contributed by atoms with Gasteiger partial charge in [0.25, 0.3) is 11.8 Å². The van der Waals surface area contributed by atoms with Crippen LogP contribution >= 0.6 is 22.9 Å². The summed E-state index contributed by atoms with van der Waals surface area (Å²) in [6.45, 7) is 2.22. The standard InChI is InChI=1S/C23H14ClN3O4S/c1-2-26-15-6-4-3-5-14(15)23(21(26)30)17-18(28)13-11-12(24)7-8-16(13)31-19(17)20(29)27(23)22-25-9-10-32-22/h3-11H,2H2,1H3. The fourth-order valence-corrected chi connectivity index (χ4v) is 5.64. The molecule has 4 heterocycles. The SMILES string of the molecule is CCN1C(=O)C2(c3ccccc31)c1c(oc3ccc(Cl)cc3c1=O)C(=O)N2c1nccs1. The average molecular weight is 464 g/mol. The lowest BCUT2D eigenvalue weighted by atomic mass is 9.84. The van der Waals surface area contributed by atoms with E-state index >= 15 is 0 Å². The number of nitrogens with zero attached hydrogens (tertiary/aromatic N) is 3. The number of likely N-dealkylation sites (N-methyl/N-ethyl adjacent to an activating group) is 1. The van der Waals surface area contributed by atoms with E-state index in [0.29, 0.717) is 27.9 Å². The second kappa shape index (κ2) is 6.51. The molecule has 2 aliphatic heterocycles. The Morgan fingerprint density at radius 1 is 1.16 bits per heavy atom. The zero-order valence-corrected chi connectivity index (χ0v) is 18.2. The van der Waals surface area contributed by atoms with Crippen LogP contribution in [0.1, 0.15) is 28.6 Å². The van der Waals surface area contributed by atoms with E-state index in [2.05, 4.69) is 4.98 Å². The molecule has 1 atom stereocenters. The molecule has 1 unspecified atom stereocenters. The number of rotatable bonds is 2. The van der Waals surface area contributed by atoms with Crippen molar-refractivity contribution in [1.29, 1.82) is 0 Å². The maximum atomic E-state index is 14.1. The molecule has 7 nitrogen and oxygen atoms in total. The maximum Gasteiger partial charge on any atom is 0.297 e. The Morgan fingerprint density at radius 3 is 2.72 bits per heavy atom. The Hall–Kier alpha value is -3.49. The van der Waals surface area contributed by atoms with Gasteiger partial charge in [-0.15, -0.1) is 11.3 Å². The maximum absolute atomic E-state index is 14.1. The minimum absolute atomic E-state index is 0.000802. The van der Waals surface area contributed by atoms with Gasteiger partial charge in [-0.2, -0.15) is 0 Å². The van der Waals surface area contributed by atoms with Crippen LogP contribution in [0.25, 0.3) is 11.0 Å². The number of thiazole rings is 1. The number of halogens is 1. The molecule has 2 aromatic carbocycles. The lowest BCUT2D eigenvalue weighted by Crippen LogP contribution is -2.53. The molecule has 0 bridgehead atoms. The van der Waals surface area contributed by atoms with Crippen molar-refractivity contribution in [1.82, 2.24) is 4.98 Å². The van der Waals surface area contributed by atoms with Crippen molar-refractivity contribution in [2.45, 2.75) is 12.5 Å². The highest BCUT2D eigenvalue weighted by atomic mass is 35.5. The number of anilines is 2. The molecule has 1 spiro atoms. The van der Waals surface area contributed by atoms with Gasteiger partial charge in [-0.1, -0.05) is 29.8 Å². The number of aromatic nitrogens is 1. The highest BCUT2D eigenvalue weighted by Crippen LogP contribution is 2.54. The largest absolute Gasteiger partial charge is 0.450 e. The predicted molar refractivity (Wildman–Crippen MR) is 122 cm³/mol. The van der Waals surface area contributed by atoms with E-state index in [0.717, 1.165) is 0 Å². The zero-order chi connectivity index (χ0) is 22.2. The fourth-order valence-electron chi connectivity index (χ4n) is 4.78. The molecule has 4 aromatic rings. The van der Waals surface area contributed by atoms with E-state index in [-0.39, 0.29) is 22.3 Å². The number of amides is 2. The third-order valence-corrected chi connectivity index (χ3v) is 7.00. The van der Waals surface area contributed by atoms with Gasteiger partial charge in [-0.05, 0) is 31.2 Å². The molecule has 0 radical (unpaired) electrons. The van der Waals surface area contributed by atoms with Crippen LogP contribution in [-0.4, -0.2) is 23.3 Å². The van der Waals surface area contributed by atoms with Crippen LogP contribution in [0.15, 0.2) is 63.3 Å². The third kappa shape index (κ3) is 2.15. The first-order valence-corrected chi connectivity index (χ1v) is 11.2. The number of carbonyl (C=O) groups is 2. The first kappa shape index (κ1) is 19.2. The molecule has 6 rings (SSSR count). The van der Waals surface area contributed by atoms with Crippen molar-refractivity contribution >= 4 is 56.5 Å². The second-order valence-corrected chi connectivity index (χ2v) is 8.82. The van der Waals surface area contributed by atoms with E-state index in [1.54, 1.807) is 40.7 Å². The lowest BCUT2D eigenvalue weighted by molar-refractivity contribution is -0.121. The highest BCUT2D eigenvalue weighted by Gasteiger charge is 2.66. The Balaban J connectivity index is 1.81. The summed E-state index contributed by atoms with van der Waals surface area (Å²) in [4.78, 5) is 48.9. The van der Waals surface area contributed by atoms with Crippen LogP contribution in [-0.2, 0) is 10.3 Å². The Morgan fingerprint density at radius 2 is 1.97 bits per heavy atom. The summed E-state index contributed by atoms with van der Waals surface area (Å²) < 4.78 is 5.96. The van der Waals surface area contributed by atoms with Gasteiger partial charge >= 0.3 is 0 Å². The van der Waals surface area contributed by atoms with Crippen LogP contribution in [0.3, 0.4) is 0 Å². The monoisotopic (exact) mass is 463 g/mol. The molecule has 158 valence electrons. The van der Waals surface area contributed by atoms with Gasteiger partial charge in [-0.25, -0.2) is 4.98 Å². The number of para-hydroxylation sites is 1. The van der Waals surface area contributed by atoms with Crippen molar-refractivity contribution < 1.29 is 14.0 Å². The number of carbonyl (C=O) groups excluding carboxylic acids is 2. The Bertz CT molecular complexity index is 1510. The predicted octanol–water partition coefficient (Wildman–Crippen LogP) is 4.17. The number of fused-ring (bicyclic) bond motifs is 5. The van der Waals surface area contributed by atoms with Crippen LogP contribution in [0, 0.1) is 0 Å². The molecule has 2 aromatic heterocycles. The molecule has 0 fully saturated rings. The Labute approximate surface area is 190 Å². The van der Waals surface area contributed by atoms with Crippen LogP contribution < -0.4 is 15.2 Å². The van der Waals surface area contributed by atoms with Crippen molar-refractivity contribution in [3.63, 3.8) is 0 Å². The van der Waals surface area contributed by atoms with Gasteiger partial charge in [0.1, 0.15) is 5.58 Å². The summed E-state index contributed by atoms with van der Waals surface area (Å²) in [5.41, 5.74) is -0.740. The van der Waals surface area contributed by atoms with Crippen molar-refractivity contribution in [2.24, 2.45) is 0 Å². The smallest absolute Gasteiger partial charge is 0.297 e. The normalized spacial score (nSPS) is 19.3. The summed E-state index contributed by atoms with van der Waals surface area (Å²) in [5.74, 6) is -1.12. The molecule has 0 saturated heterocycles. The average Bonchev–Trinajstić information content (AvgIpc) is 3.46. The van der Waals surface area contributed by atoms with Gasteiger partial charge in [0.15, 0.2) is 16.1 Å². The van der Waals surface area contributed by atoms with Crippen LogP contribution in [0.4, 0.5) is 10.8 Å². The zero-order valence-electron chi connectivity index (χ0n) is 16.7. The summed E-state index contributed by atoms with van der Waals surface area (Å²) in [6, 6.07) is 11.8. The molecular formula is C23H14ClN3O4S. The fraction of sp³-hybridized carbons (Fsp3) is 0.130. The van der Waals surface area contributed by atoms with Crippen molar-refractivity contribution in [2.75, 3.05) is 16.3 Å². The molecule has 32 heavy (non-hydrogen) atoms. The molecule has 0 N–H and O–H groups in total. The first-order valence-electron chi connectivity index (χ1n) is 9.92. The van der Waals surface area contributed by atoms with Gasteiger partial charge in [0.05, 0.1) is 16.6 Å². The summed E-state index contributed by atoms with van der Waals surface area (Å²) >= 11 is 7.36. The number of hydrogen-bond acceptors (Lipinski definition) is 6. The molecule has 0 aliphatic carbocycles. The quantitative estimate of drug-likeness (QED) is 0.445. The molecule has 0 saturated carbocycles. The van der Waals surface area contributed by atoms with Crippen molar-refractivity contribution in [3.05, 3.63) is 86.2 Å². The summed E-state index contributed by atoms with van der Waals surface area (Å²) in [6.07, 6.45) is 1.55. The van der Waals surface area contributed by atoms with E-state index in [9.17, 15) is 14.4 Å². The van der Waals surface area contributed by atoms with Crippen molar-refractivity contribution in [3.8, 4) is 0 Å². The van der Waals surface area contributed by atoms with Gasteiger partial charge in [0, 0.05) is 28.7 Å². The summed E-state index contributed by atoms with van der Waals surface area (Å²) in [5, 5.41) is 2.59. The van der Waals surface area contributed by atoms with E-state index in [1.165, 1.54) is 22.3 Å². The van der Waals surface area contributed by atoms with Gasteiger partial charge in [0.2, 0.25) is 5.76 Å². The topological polar surface area (TPSA) is 83.7 Å². The van der Waals surface area contributed by atoms with E-state index in [4.69, 9.17) is 16.0 Å². The number of hydrogen-bond donors (Lipinski definition) is 0. The minimum Gasteiger partial charge on any atom is -0.450 e. The van der Waals surface area contributed by atoms with Gasteiger partial charge in [-0.3, -0.25) is 19.3 Å². The molecule has 2 amide bonds. The second-order valence-electron chi connectivity index (χ2n) is 7.51. The third-order valence-electron chi connectivity index (χ3n) is 6.01. The van der Waals surface area contributed by atoms with Gasteiger partial charge < -0.3 is 9.32 Å². The lowest BCUT2D eigenvalue weighted by Gasteiger charge is -2.32.